The molecule has 2 N–H and O–H groups in total. The number of nitrogen functional groups attached to an aromatic ring is 1. The highest BCUT2D eigenvalue weighted by Crippen LogP contribution is 2.33. The Morgan fingerprint density at radius 1 is 0.867 bits per heavy atom. The predicted octanol–water partition coefficient (Wildman–Crippen LogP) is 4.10. The number of hydrogen-bond acceptors (Lipinski definition) is 5. The van der Waals surface area contributed by atoms with Gasteiger partial charge < -0.3 is 15.7 Å². The summed E-state index contributed by atoms with van der Waals surface area (Å²) in [5.41, 5.74) is 9.36. The minimum atomic E-state index is 0.396. The summed E-state index contributed by atoms with van der Waals surface area (Å²) >= 11 is 0. The van der Waals surface area contributed by atoms with Gasteiger partial charge in [-0.3, -0.25) is 0 Å². The molecule has 0 spiro atoms. The molecule has 30 heavy (non-hydrogen) atoms. The Bertz CT molecular complexity index is 1310. The van der Waals surface area contributed by atoms with Crippen LogP contribution in [0.3, 0.4) is 0 Å². The molecule has 0 bridgehead atoms. The average molecular weight is 395 g/mol. The van der Waals surface area contributed by atoms with Gasteiger partial charge >= 0.3 is 0 Å². The summed E-state index contributed by atoms with van der Waals surface area (Å²) in [4.78, 5) is 4.23. The van der Waals surface area contributed by atoms with Gasteiger partial charge in [-0.2, -0.15) is 9.83 Å². The minimum Gasteiger partial charge on any atom is -0.619 e. The highest BCUT2D eigenvalue weighted by Gasteiger charge is 2.17. The minimum absolute atomic E-state index is 0.396. The van der Waals surface area contributed by atoms with Gasteiger partial charge in [-0.25, -0.2) is 9.67 Å². The lowest BCUT2D eigenvalue weighted by Gasteiger charge is -2.06. The molecule has 0 unspecified atom stereocenters. The van der Waals surface area contributed by atoms with Crippen LogP contribution < -0.4 is 15.2 Å². The van der Waals surface area contributed by atoms with E-state index in [2.05, 4.69) is 4.98 Å². The lowest BCUT2D eigenvalue weighted by molar-refractivity contribution is -0.605. The Balaban J connectivity index is 1.58. The van der Waals surface area contributed by atoms with Crippen LogP contribution in [-0.4, -0.2) is 14.8 Å². The average Bonchev–Trinajstić information content (AvgIpc) is 3.17. The Kier molecular flexibility index (Phi) is 4.25. The molecule has 146 valence electrons. The molecule has 0 atom stereocenters. The van der Waals surface area contributed by atoms with E-state index >= 15 is 0 Å². The van der Waals surface area contributed by atoms with Gasteiger partial charge in [0.25, 0.3) is 0 Å². The molecule has 5 rings (SSSR count). The first-order valence-electron chi connectivity index (χ1n) is 9.35. The van der Waals surface area contributed by atoms with E-state index < -0.39 is 0 Å². The van der Waals surface area contributed by atoms with Gasteiger partial charge in [-0.1, -0.05) is 18.2 Å². The number of ether oxygens (including phenoxy) is 1. The molecule has 5 aromatic rings. The van der Waals surface area contributed by atoms with Crippen LogP contribution in [0.4, 0.5) is 5.82 Å². The van der Waals surface area contributed by atoms with Crippen molar-refractivity contribution < 1.29 is 9.47 Å². The second kappa shape index (κ2) is 7.21. The lowest BCUT2D eigenvalue weighted by Crippen LogP contribution is -2.23. The van der Waals surface area contributed by atoms with Gasteiger partial charge in [0.15, 0.2) is 12.4 Å². The molecule has 7 heteroatoms. The van der Waals surface area contributed by atoms with E-state index in [4.69, 9.17) is 15.6 Å². The van der Waals surface area contributed by atoms with E-state index in [1.807, 2.05) is 60.7 Å². The summed E-state index contributed by atoms with van der Waals surface area (Å²) < 4.78 is 8.37. The van der Waals surface area contributed by atoms with Crippen molar-refractivity contribution in [3.05, 3.63) is 96.6 Å². The molecule has 0 aliphatic carbocycles. The molecule has 2 aromatic carbocycles. The fourth-order valence-corrected chi connectivity index (χ4v) is 3.34. The number of hydrogen-bond donors (Lipinski definition) is 1. The molecule has 3 aromatic heterocycles. The highest BCUT2D eigenvalue weighted by molar-refractivity contribution is 6.00. The molecule has 7 nitrogen and oxygen atoms in total. The number of pyridine rings is 2. The second-order valence-corrected chi connectivity index (χ2v) is 6.71. The van der Waals surface area contributed by atoms with Gasteiger partial charge in [-0.05, 0) is 42.5 Å². The molecule has 0 saturated heterocycles. The van der Waals surface area contributed by atoms with Crippen molar-refractivity contribution in [1.82, 2.24) is 14.8 Å². The van der Waals surface area contributed by atoms with Crippen LogP contribution in [0.5, 0.6) is 11.5 Å². The molecule has 0 aliphatic rings. The zero-order valence-electron chi connectivity index (χ0n) is 15.8. The van der Waals surface area contributed by atoms with Crippen molar-refractivity contribution in [3.63, 3.8) is 0 Å². The van der Waals surface area contributed by atoms with Crippen LogP contribution in [0.15, 0.2) is 91.4 Å². The fourth-order valence-electron chi connectivity index (χ4n) is 3.34. The number of nitrogens with zero attached hydrogens (tertiary/aromatic N) is 4. The first-order chi connectivity index (χ1) is 14.7. The number of rotatable bonds is 4. The van der Waals surface area contributed by atoms with Crippen LogP contribution in [-0.2, 0) is 0 Å². The third-order valence-electron chi connectivity index (χ3n) is 4.76. The summed E-state index contributed by atoms with van der Waals surface area (Å²) in [5.74, 6) is 1.89. The van der Waals surface area contributed by atoms with E-state index in [9.17, 15) is 5.21 Å². The van der Waals surface area contributed by atoms with Crippen LogP contribution in [0.25, 0.3) is 27.8 Å². The van der Waals surface area contributed by atoms with E-state index in [1.54, 1.807) is 23.0 Å². The zero-order valence-corrected chi connectivity index (χ0v) is 15.8. The molecule has 3 heterocycles. The van der Waals surface area contributed by atoms with Gasteiger partial charge in [0, 0.05) is 23.9 Å². The van der Waals surface area contributed by atoms with Crippen LogP contribution in [0, 0.1) is 5.21 Å². The zero-order chi connectivity index (χ0) is 20.5. The first kappa shape index (κ1) is 17.7. The topological polar surface area (TPSA) is 92.9 Å². The first-order valence-corrected chi connectivity index (χ1v) is 9.35. The van der Waals surface area contributed by atoms with Gasteiger partial charge in [0.2, 0.25) is 0 Å². The lowest BCUT2D eigenvalue weighted by atomic mass is 10.1. The SMILES string of the molecule is Nc1nccc2c1c(-c1ccc(Oc3ccccc3)cc1)nn2-c1cc[n+]([O-])cc1. The Morgan fingerprint density at radius 2 is 1.57 bits per heavy atom. The van der Waals surface area contributed by atoms with Crippen LogP contribution in [0.2, 0.25) is 0 Å². The smallest absolute Gasteiger partial charge is 0.182 e. The monoisotopic (exact) mass is 395 g/mol. The molecule has 0 amide bonds. The summed E-state index contributed by atoms with van der Waals surface area (Å²) in [5, 5.41) is 16.9. The normalized spacial score (nSPS) is 10.9. The molecular weight excluding hydrogens is 378 g/mol. The Labute approximate surface area is 172 Å². The van der Waals surface area contributed by atoms with Gasteiger partial charge in [0.1, 0.15) is 23.0 Å². The number of fused-ring (bicyclic) bond motifs is 1. The Morgan fingerprint density at radius 3 is 2.30 bits per heavy atom. The number of anilines is 1. The standard InChI is InChI=1S/C23H17N5O2/c24-23-21-20(10-13-25-23)28(17-11-14-27(29)15-12-17)26-22(21)16-6-8-19(9-7-16)30-18-4-2-1-3-5-18/h1-15H,(H2,24,25). The van der Waals surface area contributed by atoms with E-state index in [0.29, 0.717) is 11.5 Å². The Hall–Kier alpha value is -4.39. The van der Waals surface area contributed by atoms with Crippen LogP contribution >= 0.6 is 0 Å². The van der Waals surface area contributed by atoms with Crippen molar-refractivity contribution in [1.29, 1.82) is 0 Å². The van der Waals surface area contributed by atoms with E-state index in [1.165, 1.54) is 12.4 Å². The molecule has 0 aliphatic heterocycles. The number of benzene rings is 2. The van der Waals surface area contributed by atoms with Crippen molar-refractivity contribution in [2.45, 2.75) is 0 Å². The van der Waals surface area contributed by atoms with E-state index in [0.717, 1.165) is 38.4 Å². The highest BCUT2D eigenvalue weighted by atomic mass is 16.5. The summed E-state index contributed by atoms with van der Waals surface area (Å²) in [6, 6.07) is 22.5. The summed E-state index contributed by atoms with van der Waals surface area (Å²) in [6.07, 6.45) is 4.51. The third-order valence-corrected chi connectivity index (χ3v) is 4.76. The quantitative estimate of drug-likeness (QED) is 0.365. The maximum Gasteiger partial charge on any atom is 0.182 e. The van der Waals surface area contributed by atoms with Crippen molar-refractivity contribution in [2.24, 2.45) is 0 Å². The summed E-state index contributed by atoms with van der Waals surface area (Å²) in [6.45, 7) is 0. The predicted molar refractivity (Wildman–Crippen MR) is 114 cm³/mol. The maximum absolute atomic E-state index is 11.4. The van der Waals surface area contributed by atoms with Gasteiger partial charge in [0.05, 0.1) is 16.6 Å². The molecule has 0 saturated carbocycles. The third kappa shape index (κ3) is 3.18. The van der Waals surface area contributed by atoms with E-state index in [-0.39, 0.29) is 0 Å². The molecule has 0 fully saturated rings. The van der Waals surface area contributed by atoms with Crippen molar-refractivity contribution >= 4 is 16.7 Å². The molecule has 0 radical (unpaired) electrons. The number of aromatic nitrogens is 4. The van der Waals surface area contributed by atoms with Gasteiger partial charge in [-0.15, -0.1) is 0 Å². The largest absolute Gasteiger partial charge is 0.619 e. The summed E-state index contributed by atoms with van der Waals surface area (Å²) in [7, 11) is 0. The maximum atomic E-state index is 11.4. The number of nitrogens with two attached hydrogens (primary N) is 1. The number of para-hydroxylation sites is 1. The second-order valence-electron chi connectivity index (χ2n) is 6.71. The van der Waals surface area contributed by atoms with Crippen LogP contribution in [0.1, 0.15) is 0 Å². The van der Waals surface area contributed by atoms with Crippen molar-refractivity contribution in [2.75, 3.05) is 5.73 Å². The van der Waals surface area contributed by atoms with Crippen molar-refractivity contribution in [3.8, 4) is 28.4 Å². The molecular formula is C23H17N5O2. The fraction of sp³-hybridized carbons (Fsp3) is 0.